The third-order valence-corrected chi connectivity index (χ3v) is 6.91. The fraction of sp³-hybridized carbons (Fsp3) is 0.571. The lowest BCUT2D eigenvalue weighted by molar-refractivity contribution is -0.313. The Morgan fingerprint density at radius 1 is 1.14 bits per heavy atom. The summed E-state index contributed by atoms with van der Waals surface area (Å²) in [6, 6.07) is 0. The molecule has 0 aliphatic heterocycles. The molecule has 1 aromatic heterocycles. The molecule has 0 unspecified atom stereocenters. The highest BCUT2D eigenvalue weighted by molar-refractivity contribution is 7.17. The second kappa shape index (κ2) is 8.47. The Bertz CT molecular complexity index is 838. The van der Waals surface area contributed by atoms with Gasteiger partial charge in [-0.3, -0.25) is 4.79 Å². The van der Waals surface area contributed by atoms with Gasteiger partial charge in [0.15, 0.2) is 0 Å². The number of thiophene rings is 1. The summed E-state index contributed by atoms with van der Waals surface area (Å²) in [5, 5.41) is 14.9. The number of carbonyl (C=O) groups excluding carboxylic acids is 3. The average molecular weight is 405 g/mol. The van der Waals surface area contributed by atoms with E-state index in [1.54, 1.807) is 0 Å². The van der Waals surface area contributed by atoms with Gasteiger partial charge in [0.2, 0.25) is 5.91 Å². The predicted molar refractivity (Wildman–Crippen MR) is 105 cm³/mol. The molecule has 6 nitrogen and oxygen atoms in total. The third kappa shape index (κ3) is 3.99. The van der Waals surface area contributed by atoms with Gasteiger partial charge in [0.1, 0.15) is 5.00 Å². The summed E-state index contributed by atoms with van der Waals surface area (Å²) in [7, 11) is 0. The number of carbonyl (C=O) groups is 3. The van der Waals surface area contributed by atoms with Crippen LogP contribution < -0.4 is 10.4 Å². The van der Waals surface area contributed by atoms with Gasteiger partial charge in [0, 0.05) is 16.8 Å². The average Bonchev–Trinajstić information content (AvgIpc) is 3.21. The monoisotopic (exact) mass is 404 g/mol. The first-order valence-electron chi connectivity index (χ1n) is 9.82. The largest absolute Gasteiger partial charge is 0.550 e. The van der Waals surface area contributed by atoms with E-state index in [0.717, 1.165) is 47.3 Å². The van der Waals surface area contributed by atoms with Crippen molar-refractivity contribution in [3.8, 4) is 0 Å². The highest BCUT2D eigenvalue weighted by atomic mass is 32.1. The number of anilines is 1. The van der Waals surface area contributed by atoms with E-state index >= 15 is 0 Å². The number of ether oxygens (including phenoxy) is 1. The molecule has 152 valence electrons. The number of fused-ring (bicyclic) bond motifs is 1. The summed E-state index contributed by atoms with van der Waals surface area (Å²) in [5.41, 5.74) is 3.45. The molecule has 2 aliphatic rings. The van der Waals surface area contributed by atoms with Crippen LogP contribution in [-0.2, 0) is 27.2 Å². The van der Waals surface area contributed by atoms with E-state index in [2.05, 4.69) is 5.32 Å². The molecule has 1 aromatic rings. The first-order chi connectivity index (χ1) is 13.3. The lowest BCUT2D eigenvalue weighted by Gasteiger charge is -2.32. The number of hydrogen-bond donors (Lipinski definition) is 1. The molecule has 1 amide bonds. The number of aliphatic carboxylic acids is 1. The fourth-order valence-corrected chi connectivity index (χ4v) is 5.28. The Morgan fingerprint density at radius 3 is 2.46 bits per heavy atom. The molecule has 7 heteroatoms. The minimum Gasteiger partial charge on any atom is -0.550 e. The van der Waals surface area contributed by atoms with Crippen LogP contribution in [0.1, 0.15) is 67.3 Å². The Kier molecular flexibility index (Phi) is 6.23. The number of nitrogens with one attached hydrogen (secondary N) is 1. The lowest BCUT2D eigenvalue weighted by atomic mass is 9.76. The second-order valence-electron chi connectivity index (χ2n) is 7.69. The first-order valence-corrected chi connectivity index (χ1v) is 10.6. The van der Waals surface area contributed by atoms with Crippen LogP contribution in [0.2, 0.25) is 0 Å². The van der Waals surface area contributed by atoms with Crippen LogP contribution in [0, 0.1) is 11.8 Å². The molecule has 0 saturated heterocycles. The SMILES string of the molecule is CCCOC(=O)c1c(NC(=O)[C@H]2CC(C)=C(C)C[C@@H]2C(=O)[O-])sc2c1CCC2. The van der Waals surface area contributed by atoms with E-state index in [0.29, 0.717) is 30.0 Å². The standard InChI is InChI=1S/C21H27NO5S/c1-4-8-27-21(26)17-13-6-5-7-16(13)28-19(17)22-18(23)14-9-11(2)12(3)10-15(14)20(24)25/h14-15H,4-10H2,1-3H3,(H,22,23)(H,24,25)/p-1/t14-,15-/m0/s1. The molecule has 0 spiro atoms. The maximum Gasteiger partial charge on any atom is 0.341 e. The van der Waals surface area contributed by atoms with Crippen molar-refractivity contribution in [3.05, 3.63) is 27.2 Å². The number of carboxylic acids is 1. The van der Waals surface area contributed by atoms with Crippen molar-refractivity contribution in [2.45, 2.75) is 59.3 Å². The molecule has 0 aromatic carbocycles. The van der Waals surface area contributed by atoms with Gasteiger partial charge < -0.3 is 20.0 Å². The smallest absolute Gasteiger partial charge is 0.341 e. The lowest BCUT2D eigenvalue weighted by Crippen LogP contribution is -2.42. The van der Waals surface area contributed by atoms with Crippen LogP contribution in [0.3, 0.4) is 0 Å². The Hall–Kier alpha value is -2.15. The molecule has 3 rings (SSSR count). The van der Waals surface area contributed by atoms with Crippen LogP contribution in [-0.4, -0.2) is 24.5 Å². The number of hydrogen-bond acceptors (Lipinski definition) is 6. The maximum absolute atomic E-state index is 13.0. The van der Waals surface area contributed by atoms with E-state index in [1.807, 2.05) is 20.8 Å². The molecular formula is C21H26NO5S-. The molecule has 2 aliphatic carbocycles. The van der Waals surface area contributed by atoms with Crippen LogP contribution >= 0.6 is 11.3 Å². The van der Waals surface area contributed by atoms with Gasteiger partial charge in [-0.2, -0.15) is 0 Å². The van der Waals surface area contributed by atoms with Crippen LogP contribution in [0.25, 0.3) is 0 Å². The highest BCUT2D eigenvalue weighted by Gasteiger charge is 2.35. The highest BCUT2D eigenvalue weighted by Crippen LogP contribution is 2.41. The number of rotatable bonds is 6. The second-order valence-corrected chi connectivity index (χ2v) is 8.79. The van der Waals surface area contributed by atoms with E-state index < -0.39 is 23.8 Å². The molecule has 0 fully saturated rings. The van der Waals surface area contributed by atoms with E-state index in [1.165, 1.54) is 11.3 Å². The topological polar surface area (TPSA) is 95.5 Å². The minimum absolute atomic E-state index is 0.318. The molecule has 1 heterocycles. The van der Waals surface area contributed by atoms with Crippen LogP contribution in [0.4, 0.5) is 5.00 Å². The summed E-state index contributed by atoms with van der Waals surface area (Å²) in [5.74, 6) is -3.55. The quantitative estimate of drug-likeness (QED) is 0.581. The van der Waals surface area contributed by atoms with Crippen molar-refractivity contribution >= 4 is 34.2 Å². The molecular weight excluding hydrogens is 378 g/mol. The Labute approximate surface area is 169 Å². The number of aryl methyl sites for hydroxylation is 1. The van der Waals surface area contributed by atoms with Gasteiger partial charge in [0.05, 0.1) is 18.1 Å². The maximum atomic E-state index is 13.0. The summed E-state index contributed by atoms with van der Waals surface area (Å²) in [4.78, 5) is 38.3. The Morgan fingerprint density at radius 2 is 1.82 bits per heavy atom. The van der Waals surface area contributed by atoms with Crippen molar-refractivity contribution in [1.29, 1.82) is 0 Å². The summed E-state index contributed by atoms with van der Waals surface area (Å²) < 4.78 is 5.32. The van der Waals surface area contributed by atoms with Crippen molar-refractivity contribution in [2.75, 3.05) is 11.9 Å². The molecule has 2 atom stereocenters. The zero-order valence-corrected chi connectivity index (χ0v) is 17.4. The van der Waals surface area contributed by atoms with E-state index in [9.17, 15) is 19.5 Å². The molecule has 28 heavy (non-hydrogen) atoms. The van der Waals surface area contributed by atoms with Crippen LogP contribution in [0.5, 0.6) is 0 Å². The van der Waals surface area contributed by atoms with Gasteiger partial charge in [0.25, 0.3) is 0 Å². The van der Waals surface area contributed by atoms with Crippen LogP contribution in [0.15, 0.2) is 11.1 Å². The summed E-state index contributed by atoms with van der Waals surface area (Å²) in [6.07, 6.45) is 4.10. The number of esters is 1. The minimum atomic E-state index is -1.21. The molecule has 0 bridgehead atoms. The molecule has 0 radical (unpaired) electrons. The molecule has 0 saturated carbocycles. The van der Waals surface area contributed by atoms with Gasteiger partial charge in [-0.05, 0) is 57.9 Å². The van der Waals surface area contributed by atoms with E-state index in [4.69, 9.17) is 4.74 Å². The number of allylic oxidation sites excluding steroid dienone is 2. The zero-order valence-electron chi connectivity index (χ0n) is 16.6. The number of amides is 1. The van der Waals surface area contributed by atoms with E-state index in [-0.39, 0.29) is 5.91 Å². The van der Waals surface area contributed by atoms with Gasteiger partial charge in [-0.1, -0.05) is 18.1 Å². The summed E-state index contributed by atoms with van der Waals surface area (Å²) >= 11 is 1.41. The fourth-order valence-electron chi connectivity index (χ4n) is 4.00. The van der Waals surface area contributed by atoms with Crippen molar-refractivity contribution in [1.82, 2.24) is 0 Å². The van der Waals surface area contributed by atoms with Crippen molar-refractivity contribution < 1.29 is 24.2 Å². The van der Waals surface area contributed by atoms with Gasteiger partial charge >= 0.3 is 5.97 Å². The van der Waals surface area contributed by atoms with Crippen molar-refractivity contribution in [2.24, 2.45) is 11.8 Å². The normalized spacial score (nSPS) is 21.4. The predicted octanol–water partition coefficient (Wildman–Crippen LogP) is 2.85. The van der Waals surface area contributed by atoms with Crippen molar-refractivity contribution in [3.63, 3.8) is 0 Å². The first kappa shape index (κ1) is 20.6. The Balaban J connectivity index is 1.86. The molecule has 1 N–H and O–H groups in total. The number of carboxylic acid groups (broad SMARTS) is 1. The summed E-state index contributed by atoms with van der Waals surface area (Å²) in [6.45, 7) is 6.07. The zero-order chi connectivity index (χ0) is 20.4. The third-order valence-electron chi connectivity index (χ3n) is 5.71. The van der Waals surface area contributed by atoms with Gasteiger partial charge in [-0.25, -0.2) is 4.79 Å². The van der Waals surface area contributed by atoms with Gasteiger partial charge in [-0.15, -0.1) is 11.3 Å².